The molecule has 2 aromatic rings. The third-order valence-electron chi connectivity index (χ3n) is 3.41. The molecule has 0 fully saturated rings. The van der Waals surface area contributed by atoms with Crippen molar-refractivity contribution < 1.29 is 14.5 Å². The van der Waals surface area contributed by atoms with Crippen LogP contribution in [0.15, 0.2) is 29.4 Å². The Bertz CT molecular complexity index is 827. The van der Waals surface area contributed by atoms with Crippen molar-refractivity contribution in [1.29, 1.82) is 0 Å². The molecular formula is C16H18N4O4S. The monoisotopic (exact) mass is 362 g/mol. The first kappa shape index (κ1) is 18.4. The van der Waals surface area contributed by atoms with Crippen molar-refractivity contribution in [3.05, 3.63) is 50.4 Å². The Morgan fingerprint density at radius 2 is 2.04 bits per heavy atom. The molecule has 8 nitrogen and oxygen atoms in total. The number of hydrogen-bond acceptors (Lipinski definition) is 8. The summed E-state index contributed by atoms with van der Waals surface area (Å²) in [4.78, 5) is 22.9. The fourth-order valence-corrected chi connectivity index (χ4v) is 3.20. The smallest absolute Gasteiger partial charge is 0.341 e. The number of carbonyl (C=O) groups is 1. The molecule has 9 heteroatoms. The highest BCUT2D eigenvalue weighted by Crippen LogP contribution is 2.31. The van der Waals surface area contributed by atoms with E-state index in [1.165, 1.54) is 23.5 Å². The lowest BCUT2D eigenvalue weighted by atomic mass is 10.1. The number of anilines is 2. The SMILES string of the molecule is CCOC(=O)c1c(N)sc(C(C)=NNc2ccc([N+](=O)[O-])cc2)c1C. The zero-order valence-electron chi connectivity index (χ0n) is 14.0. The highest BCUT2D eigenvalue weighted by atomic mass is 32.1. The summed E-state index contributed by atoms with van der Waals surface area (Å²) < 4.78 is 5.02. The number of carbonyl (C=O) groups excluding carboxylic acids is 1. The number of benzene rings is 1. The van der Waals surface area contributed by atoms with E-state index in [0.29, 0.717) is 27.5 Å². The van der Waals surface area contributed by atoms with Crippen molar-refractivity contribution in [1.82, 2.24) is 0 Å². The Morgan fingerprint density at radius 3 is 2.60 bits per heavy atom. The number of non-ortho nitro benzene ring substituents is 1. The third kappa shape index (κ3) is 4.13. The van der Waals surface area contributed by atoms with Crippen LogP contribution in [0, 0.1) is 17.0 Å². The van der Waals surface area contributed by atoms with Crippen LogP contribution in [0.2, 0.25) is 0 Å². The van der Waals surface area contributed by atoms with Gasteiger partial charge in [-0.2, -0.15) is 5.10 Å². The van der Waals surface area contributed by atoms with Gasteiger partial charge in [-0.05, 0) is 38.5 Å². The molecule has 0 saturated carbocycles. The van der Waals surface area contributed by atoms with Crippen LogP contribution in [-0.2, 0) is 4.74 Å². The molecule has 0 aliphatic rings. The van der Waals surface area contributed by atoms with Gasteiger partial charge >= 0.3 is 5.97 Å². The van der Waals surface area contributed by atoms with Crippen molar-refractivity contribution >= 4 is 39.4 Å². The van der Waals surface area contributed by atoms with Crippen LogP contribution in [0.25, 0.3) is 0 Å². The minimum Gasteiger partial charge on any atom is -0.462 e. The van der Waals surface area contributed by atoms with Gasteiger partial charge < -0.3 is 10.5 Å². The molecule has 1 aromatic heterocycles. The number of nitrogen functional groups attached to an aromatic ring is 1. The summed E-state index contributed by atoms with van der Waals surface area (Å²) in [6, 6.07) is 5.91. The average molecular weight is 362 g/mol. The number of nitrogens with zero attached hydrogens (tertiary/aromatic N) is 2. The van der Waals surface area contributed by atoms with Gasteiger partial charge in [0.15, 0.2) is 0 Å². The quantitative estimate of drug-likeness (QED) is 0.351. The summed E-state index contributed by atoms with van der Waals surface area (Å²) in [5.74, 6) is -0.448. The molecule has 25 heavy (non-hydrogen) atoms. The zero-order chi connectivity index (χ0) is 18.6. The predicted octanol–water partition coefficient (Wildman–Crippen LogP) is 3.56. The van der Waals surface area contributed by atoms with Crippen molar-refractivity contribution in [2.75, 3.05) is 17.8 Å². The Labute approximate surface area is 148 Å². The number of ether oxygens (including phenoxy) is 1. The van der Waals surface area contributed by atoms with E-state index in [0.717, 1.165) is 4.88 Å². The summed E-state index contributed by atoms with van der Waals surface area (Å²) in [5, 5.41) is 15.3. The molecule has 3 N–H and O–H groups in total. The second-order valence-corrected chi connectivity index (χ2v) is 6.18. The number of esters is 1. The van der Waals surface area contributed by atoms with Gasteiger partial charge in [0.25, 0.3) is 5.69 Å². The third-order valence-corrected chi connectivity index (χ3v) is 4.64. The summed E-state index contributed by atoms with van der Waals surface area (Å²) in [6.07, 6.45) is 0. The van der Waals surface area contributed by atoms with Gasteiger partial charge in [-0.25, -0.2) is 4.79 Å². The van der Waals surface area contributed by atoms with E-state index in [1.54, 1.807) is 32.9 Å². The molecule has 0 aliphatic heterocycles. The molecular weight excluding hydrogens is 344 g/mol. The largest absolute Gasteiger partial charge is 0.462 e. The second-order valence-electron chi connectivity index (χ2n) is 5.13. The van der Waals surface area contributed by atoms with Gasteiger partial charge in [-0.15, -0.1) is 11.3 Å². The lowest BCUT2D eigenvalue weighted by Gasteiger charge is -2.04. The lowest BCUT2D eigenvalue weighted by molar-refractivity contribution is -0.384. The Kier molecular flexibility index (Phi) is 5.71. The molecule has 0 radical (unpaired) electrons. The number of nitro groups is 1. The Morgan fingerprint density at radius 1 is 1.40 bits per heavy atom. The van der Waals surface area contributed by atoms with Gasteiger partial charge in [0.2, 0.25) is 0 Å². The van der Waals surface area contributed by atoms with Crippen molar-refractivity contribution in [3.8, 4) is 0 Å². The Hall–Kier alpha value is -2.94. The fraction of sp³-hybridized carbons (Fsp3) is 0.250. The number of nitrogens with one attached hydrogen (secondary N) is 1. The number of nitrogens with two attached hydrogens (primary N) is 1. The lowest BCUT2D eigenvalue weighted by Crippen LogP contribution is -2.08. The topological polar surface area (TPSA) is 120 Å². The number of nitro benzene ring substituents is 1. The second kappa shape index (κ2) is 7.75. The summed E-state index contributed by atoms with van der Waals surface area (Å²) >= 11 is 1.26. The van der Waals surface area contributed by atoms with E-state index in [1.807, 2.05) is 0 Å². The molecule has 1 aromatic carbocycles. The summed E-state index contributed by atoms with van der Waals surface area (Å²) in [6.45, 7) is 5.58. The van der Waals surface area contributed by atoms with Gasteiger partial charge in [-0.1, -0.05) is 0 Å². The highest BCUT2D eigenvalue weighted by molar-refractivity contribution is 7.18. The van der Waals surface area contributed by atoms with Crippen LogP contribution in [0.3, 0.4) is 0 Å². The minimum atomic E-state index is -0.465. The maximum atomic E-state index is 12.0. The van der Waals surface area contributed by atoms with Crippen LogP contribution in [-0.4, -0.2) is 23.2 Å². The normalized spacial score (nSPS) is 11.2. The van der Waals surface area contributed by atoms with Crippen molar-refractivity contribution in [2.45, 2.75) is 20.8 Å². The molecule has 0 aliphatic carbocycles. The fourth-order valence-electron chi connectivity index (χ4n) is 2.19. The van der Waals surface area contributed by atoms with E-state index in [2.05, 4.69) is 10.5 Å². The van der Waals surface area contributed by atoms with E-state index >= 15 is 0 Å². The van der Waals surface area contributed by atoms with E-state index < -0.39 is 10.9 Å². The van der Waals surface area contributed by atoms with Crippen LogP contribution < -0.4 is 11.2 Å². The molecule has 0 amide bonds. The first-order valence-electron chi connectivity index (χ1n) is 7.46. The molecule has 0 saturated heterocycles. The number of hydrazone groups is 1. The van der Waals surface area contributed by atoms with Crippen LogP contribution >= 0.6 is 11.3 Å². The van der Waals surface area contributed by atoms with E-state index in [-0.39, 0.29) is 12.3 Å². The number of thiophene rings is 1. The predicted molar refractivity (Wildman–Crippen MR) is 98.4 cm³/mol. The van der Waals surface area contributed by atoms with E-state index in [9.17, 15) is 14.9 Å². The highest BCUT2D eigenvalue weighted by Gasteiger charge is 2.21. The number of rotatable bonds is 6. The zero-order valence-corrected chi connectivity index (χ0v) is 14.8. The van der Waals surface area contributed by atoms with Crippen LogP contribution in [0.1, 0.15) is 34.6 Å². The molecule has 132 valence electrons. The van der Waals surface area contributed by atoms with Gasteiger partial charge in [0.05, 0.1) is 33.4 Å². The molecule has 0 spiro atoms. The minimum absolute atomic E-state index is 0.00667. The molecule has 0 unspecified atom stereocenters. The first-order valence-corrected chi connectivity index (χ1v) is 8.27. The summed E-state index contributed by atoms with van der Waals surface area (Å²) in [7, 11) is 0. The maximum Gasteiger partial charge on any atom is 0.341 e. The summed E-state index contributed by atoms with van der Waals surface area (Å²) in [5.41, 5.74) is 11.1. The van der Waals surface area contributed by atoms with E-state index in [4.69, 9.17) is 10.5 Å². The van der Waals surface area contributed by atoms with Crippen LogP contribution in [0.4, 0.5) is 16.4 Å². The van der Waals surface area contributed by atoms with Crippen molar-refractivity contribution in [2.24, 2.45) is 5.10 Å². The number of hydrogen-bond donors (Lipinski definition) is 2. The van der Waals surface area contributed by atoms with Crippen LogP contribution in [0.5, 0.6) is 0 Å². The van der Waals surface area contributed by atoms with Gasteiger partial charge in [0.1, 0.15) is 5.00 Å². The molecule has 1 heterocycles. The molecule has 2 rings (SSSR count). The maximum absolute atomic E-state index is 12.0. The van der Waals surface area contributed by atoms with Gasteiger partial charge in [-0.3, -0.25) is 15.5 Å². The average Bonchev–Trinajstić information content (AvgIpc) is 2.88. The Balaban J connectivity index is 2.21. The van der Waals surface area contributed by atoms with Gasteiger partial charge in [0, 0.05) is 12.1 Å². The first-order chi connectivity index (χ1) is 11.8. The molecule has 0 atom stereocenters. The van der Waals surface area contributed by atoms with Crippen molar-refractivity contribution in [3.63, 3.8) is 0 Å². The standard InChI is InChI=1S/C16H18N4O4S/c1-4-24-16(21)13-9(2)14(25-15(13)17)10(3)18-19-11-5-7-12(8-6-11)20(22)23/h5-8,19H,4,17H2,1-3H3. The molecule has 0 bridgehead atoms.